The van der Waals surface area contributed by atoms with Crippen LogP contribution >= 0.6 is 0 Å². The molecule has 0 unspecified atom stereocenters. The fourth-order valence-electron chi connectivity index (χ4n) is 4.01. The number of piperazine rings is 1. The van der Waals surface area contributed by atoms with Crippen LogP contribution in [0, 0.1) is 5.82 Å². The molecule has 0 radical (unpaired) electrons. The maximum atomic E-state index is 13.6. The summed E-state index contributed by atoms with van der Waals surface area (Å²) in [6, 6.07) is 4.53. The van der Waals surface area contributed by atoms with E-state index >= 15 is 0 Å². The molecule has 1 saturated heterocycles. The van der Waals surface area contributed by atoms with Crippen LogP contribution in [0.4, 0.5) is 14.9 Å². The molecule has 184 valence electrons. The number of amides is 3. The van der Waals surface area contributed by atoms with Gasteiger partial charge < -0.3 is 19.9 Å². The van der Waals surface area contributed by atoms with Gasteiger partial charge in [0.25, 0.3) is 0 Å². The van der Waals surface area contributed by atoms with Gasteiger partial charge in [0, 0.05) is 30.7 Å². The predicted molar refractivity (Wildman–Crippen MR) is 126 cm³/mol. The van der Waals surface area contributed by atoms with Crippen LogP contribution in [0.25, 0.3) is 10.9 Å². The number of nitrogens with zero attached hydrogens (tertiary/aromatic N) is 4. The molecule has 1 aliphatic rings. The van der Waals surface area contributed by atoms with Gasteiger partial charge in [-0.1, -0.05) is 12.1 Å². The van der Waals surface area contributed by atoms with E-state index in [2.05, 4.69) is 20.5 Å². The zero-order valence-electron chi connectivity index (χ0n) is 19.9. The summed E-state index contributed by atoms with van der Waals surface area (Å²) in [4.78, 5) is 46.2. The molecule has 4 rings (SSSR count). The Kier molecular flexibility index (Phi) is 6.42. The third kappa shape index (κ3) is 5.23. The fraction of sp³-hybridized carbons (Fsp3) is 0.375. The summed E-state index contributed by atoms with van der Waals surface area (Å²) in [6.07, 6.45) is 4.04. The number of nitrogens with one attached hydrogen (secondary N) is 2. The number of ether oxygens (including phenoxy) is 1. The van der Waals surface area contributed by atoms with Gasteiger partial charge in [0.05, 0.1) is 29.6 Å². The molecule has 3 amide bonds. The predicted octanol–water partition coefficient (Wildman–Crippen LogP) is 3.24. The van der Waals surface area contributed by atoms with Crippen molar-refractivity contribution in [1.29, 1.82) is 0 Å². The second-order valence-electron chi connectivity index (χ2n) is 9.48. The van der Waals surface area contributed by atoms with Crippen molar-refractivity contribution in [2.24, 2.45) is 0 Å². The first kappa shape index (κ1) is 24.1. The Labute approximate surface area is 201 Å². The Bertz CT molecular complexity index is 1250. The van der Waals surface area contributed by atoms with Crippen molar-refractivity contribution in [3.05, 3.63) is 54.2 Å². The van der Waals surface area contributed by atoms with Crippen LogP contribution < -0.4 is 5.32 Å². The molecule has 2 aromatic heterocycles. The number of aromatic nitrogens is 3. The van der Waals surface area contributed by atoms with Crippen LogP contribution in [0.1, 0.15) is 39.3 Å². The average molecular weight is 483 g/mol. The fourth-order valence-corrected chi connectivity index (χ4v) is 4.01. The lowest BCUT2D eigenvalue weighted by atomic mass is 9.99. The smallest absolute Gasteiger partial charge is 0.410 e. The van der Waals surface area contributed by atoms with Gasteiger partial charge in [0.15, 0.2) is 0 Å². The van der Waals surface area contributed by atoms with E-state index in [1.807, 2.05) is 0 Å². The highest BCUT2D eigenvalue weighted by Crippen LogP contribution is 2.30. The van der Waals surface area contributed by atoms with E-state index in [-0.39, 0.29) is 13.1 Å². The number of benzene rings is 1. The van der Waals surface area contributed by atoms with Crippen molar-refractivity contribution in [3.8, 4) is 0 Å². The maximum absolute atomic E-state index is 13.6. The Balaban J connectivity index is 1.60. The highest BCUT2D eigenvalue weighted by atomic mass is 19.1. The summed E-state index contributed by atoms with van der Waals surface area (Å²) in [5.74, 6) is -2.08. The van der Waals surface area contributed by atoms with Crippen LogP contribution in [0.2, 0.25) is 0 Å². The lowest BCUT2D eigenvalue weighted by Gasteiger charge is -2.45. The number of halogens is 1. The molecular weight excluding hydrogens is 455 g/mol. The quantitative estimate of drug-likeness (QED) is 0.541. The zero-order chi connectivity index (χ0) is 25.3. The molecule has 0 bridgehead atoms. The van der Waals surface area contributed by atoms with Crippen molar-refractivity contribution in [3.63, 3.8) is 0 Å². The third-order valence-electron chi connectivity index (χ3n) is 5.68. The highest BCUT2D eigenvalue weighted by molar-refractivity contribution is 6.40. The molecule has 2 N–H and O–H groups in total. The van der Waals surface area contributed by atoms with Gasteiger partial charge in [-0.25, -0.2) is 9.18 Å². The Morgan fingerprint density at radius 3 is 2.49 bits per heavy atom. The first-order valence-electron chi connectivity index (χ1n) is 11.2. The topological polar surface area (TPSA) is 121 Å². The van der Waals surface area contributed by atoms with Crippen LogP contribution in [0.15, 0.2) is 42.9 Å². The van der Waals surface area contributed by atoms with Crippen molar-refractivity contribution in [2.45, 2.75) is 45.4 Å². The van der Waals surface area contributed by atoms with Crippen LogP contribution in [0.5, 0.6) is 0 Å². The van der Waals surface area contributed by atoms with Gasteiger partial charge in [-0.2, -0.15) is 5.10 Å². The molecule has 0 spiro atoms. The molecule has 1 aromatic carbocycles. The molecule has 11 heteroatoms. The van der Waals surface area contributed by atoms with E-state index in [4.69, 9.17) is 4.74 Å². The van der Waals surface area contributed by atoms with Gasteiger partial charge in [0.1, 0.15) is 11.4 Å². The second kappa shape index (κ2) is 9.32. The Morgan fingerprint density at radius 2 is 1.80 bits per heavy atom. The number of hydrogen-bond acceptors (Lipinski definition) is 6. The first-order valence-corrected chi connectivity index (χ1v) is 11.2. The molecule has 35 heavy (non-hydrogen) atoms. The molecule has 0 saturated carbocycles. The number of carbonyl (C=O) groups is 3. The minimum Gasteiger partial charge on any atom is -0.444 e. The number of fused-ring (bicyclic) bond motifs is 1. The lowest BCUT2D eigenvalue weighted by molar-refractivity contribution is -0.147. The Hall–Kier alpha value is -4.02. The van der Waals surface area contributed by atoms with Crippen LogP contribution in [0.3, 0.4) is 0 Å². The molecule has 3 aromatic rings. The van der Waals surface area contributed by atoms with Crippen molar-refractivity contribution in [1.82, 2.24) is 25.0 Å². The highest BCUT2D eigenvalue weighted by Gasteiger charge is 2.41. The number of anilines is 1. The molecule has 3 heterocycles. The van der Waals surface area contributed by atoms with E-state index in [0.29, 0.717) is 22.2 Å². The summed E-state index contributed by atoms with van der Waals surface area (Å²) >= 11 is 0. The normalized spacial score (nSPS) is 18.4. The number of pyridine rings is 1. The Morgan fingerprint density at radius 1 is 1.09 bits per heavy atom. The van der Waals surface area contributed by atoms with Gasteiger partial charge in [0.2, 0.25) is 0 Å². The monoisotopic (exact) mass is 482 g/mol. The summed E-state index contributed by atoms with van der Waals surface area (Å²) < 4.78 is 19.1. The zero-order valence-corrected chi connectivity index (χ0v) is 19.9. The van der Waals surface area contributed by atoms with Crippen LogP contribution in [-0.2, 0) is 14.3 Å². The molecule has 0 aliphatic carbocycles. The first-order chi connectivity index (χ1) is 16.5. The summed E-state index contributed by atoms with van der Waals surface area (Å²) in [7, 11) is 0. The number of carbonyl (C=O) groups excluding carboxylic acids is 3. The van der Waals surface area contributed by atoms with E-state index in [0.717, 1.165) is 0 Å². The number of aromatic amines is 1. The molecular formula is C24H27FN6O4. The lowest BCUT2D eigenvalue weighted by Crippen LogP contribution is -2.59. The minimum absolute atomic E-state index is 0.0818. The standard InChI is InChI=1S/C24H27FN6O4/c1-14-12-31(22(33)21(32)28-18-11-26-9-16-10-27-29-20(16)18)19(15-5-7-17(25)8-6-15)13-30(14)23(34)35-24(2,3)4/h5-11,14,19H,12-13H2,1-4H3,(H,27,29)(H,28,32)/t14-,19-/m1/s1. The largest absolute Gasteiger partial charge is 0.444 e. The van der Waals surface area contributed by atoms with E-state index in [1.165, 1.54) is 40.3 Å². The summed E-state index contributed by atoms with van der Waals surface area (Å²) in [5.41, 5.74) is 0.748. The molecule has 10 nitrogen and oxygen atoms in total. The maximum Gasteiger partial charge on any atom is 0.410 e. The van der Waals surface area contributed by atoms with E-state index < -0.39 is 41.4 Å². The molecule has 1 aliphatic heterocycles. The number of rotatable bonds is 2. The van der Waals surface area contributed by atoms with Crippen molar-refractivity contribution < 1.29 is 23.5 Å². The van der Waals surface area contributed by atoms with Gasteiger partial charge in [-0.05, 0) is 45.4 Å². The summed E-state index contributed by atoms with van der Waals surface area (Å²) in [5, 5.41) is 9.98. The van der Waals surface area contributed by atoms with E-state index in [1.54, 1.807) is 40.1 Å². The third-order valence-corrected chi connectivity index (χ3v) is 5.68. The second-order valence-corrected chi connectivity index (χ2v) is 9.48. The molecule has 1 fully saturated rings. The minimum atomic E-state index is -0.862. The average Bonchev–Trinajstić information content (AvgIpc) is 3.28. The van der Waals surface area contributed by atoms with Gasteiger partial charge in [-0.15, -0.1) is 0 Å². The van der Waals surface area contributed by atoms with Crippen LogP contribution in [-0.4, -0.2) is 67.6 Å². The van der Waals surface area contributed by atoms with Gasteiger partial charge >= 0.3 is 17.9 Å². The summed E-state index contributed by atoms with van der Waals surface area (Å²) in [6.45, 7) is 7.25. The molecule has 2 atom stereocenters. The van der Waals surface area contributed by atoms with Crippen molar-refractivity contribution >= 4 is 34.5 Å². The van der Waals surface area contributed by atoms with Crippen molar-refractivity contribution in [2.75, 3.05) is 18.4 Å². The number of H-pyrrole nitrogens is 1. The SMILES string of the molecule is C[C@@H]1CN(C(=O)C(=O)Nc2cncc3cn[nH]c23)[C@@H](c2ccc(F)cc2)CN1C(=O)OC(C)(C)C. The van der Waals surface area contributed by atoms with E-state index in [9.17, 15) is 18.8 Å². The number of hydrogen-bond donors (Lipinski definition) is 2. The van der Waals surface area contributed by atoms with Gasteiger partial charge in [-0.3, -0.25) is 19.7 Å².